The molecule has 0 radical (unpaired) electrons. The third kappa shape index (κ3) is 3.57. The molecule has 1 aliphatic carbocycles. The minimum absolute atomic E-state index is 0.477. The monoisotopic (exact) mass is 281 g/mol. The van der Waals surface area contributed by atoms with Gasteiger partial charge >= 0.3 is 0 Å². The maximum atomic E-state index is 11.6. The van der Waals surface area contributed by atoms with Gasteiger partial charge in [0.15, 0.2) is 9.84 Å². The molecule has 1 saturated carbocycles. The summed E-state index contributed by atoms with van der Waals surface area (Å²) < 4.78 is 22.6. The van der Waals surface area contributed by atoms with Gasteiger partial charge in [0.25, 0.3) is 0 Å². The molecule has 1 aromatic rings. The van der Waals surface area contributed by atoms with Crippen LogP contribution >= 0.6 is 0 Å². The molecule has 0 atom stereocenters. The molecular formula is C15H23NO2S. The van der Waals surface area contributed by atoms with E-state index in [0.717, 1.165) is 12.5 Å². The largest absolute Gasteiger partial charge is 0.311 e. The lowest BCUT2D eigenvalue weighted by atomic mass is 10.0. The topological polar surface area (TPSA) is 46.2 Å². The van der Waals surface area contributed by atoms with Crippen molar-refractivity contribution in [3.05, 3.63) is 35.4 Å². The summed E-state index contributed by atoms with van der Waals surface area (Å²) in [4.78, 5) is 0. The van der Waals surface area contributed by atoms with Crippen LogP contribution in [0.25, 0.3) is 0 Å². The van der Waals surface area contributed by atoms with Crippen LogP contribution in [0.4, 0.5) is 0 Å². The van der Waals surface area contributed by atoms with Gasteiger partial charge in [-0.05, 0) is 43.7 Å². The van der Waals surface area contributed by atoms with Crippen LogP contribution in [-0.4, -0.2) is 26.0 Å². The minimum atomic E-state index is -3.03. The van der Waals surface area contributed by atoms with Gasteiger partial charge in [0, 0.05) is 19.3 Å². The zero-order valence-electron chi connectivity index (χ0n) is 11.9. The molecule has 1 N–H and O–H groups in total. The summed E-state index contributed by atoms with van der Waals surface area (Å²) >= 11 is 0. The summed E-state index contributed by atoms with van der Waals surface area (Å²) in [5, 5.41) is 3.29. The summed E-state index contributed by atoms with van der Waals surface area (Å²) in [5.74, 6) is 0.723. The van der Waals surface area contributed by atoms with Crippen LogP contribution < -0.4 is 5.32 Å². The summed E-state index contributed by atoms with van der Waals surface area (Å²) in [7, 11) is -3.03. The molecule has 1 fully saturated rings. The fourth-order valence-corrected chi connectivity index (χ4v) is 2.48. The van der Waals surface area contributed by atoms with Gasteiger partial charge < -0.3 is 5.32 Å². The number of nitrogens with one attached hydrogen (secondary N) is 1. The second kappa shape index (κ2) is 5.25. The average Bonchev–Trinajstić information content (AvgIpc) is 3.12. The average molecular weight is 281 g/mol. The molecule has 106 valence electrons. The molecular weight excluding hydrogens is 258 g/mol. The molecule has 0 saturated heterocycles. The molecule has 0 spiro atoms. The van der Waals surface area contributed by atoms with Crippen molar-refractivity contribution in [2.45, 2.75) is 43.9 Å². The Hall–Kier alpha value is -0.870. The first kappa shape index (κ1) is 14.5. The third-order valence-electron chi connectivity index (χ3n) is 3.94. The Kier molecular flexibility index (Phi) is 4.02. The summed E-state index contributed by atoms with van der Waals surface area (Å²) in [6.07, 6.45) is 3.87. The van der Waals surface area contributed by atoms with Crippen LogP contribution in [0, 0.1) is 0 Å². The van der Waals surface area contributed by atoms with E-state index >= 15 is 0 Å². The highest BCUT2D eigenvalue weighted by atomic mass is 32.2. The highest BCUT2D eigenvalue weighted by molar-refractivity contribution is 7.92. The van der Waals surface area contributed by atoms with Crippen molar-refractivity contribution in [2.24, 2.45) is 0 Å². The Labute approximate surface area is 116 Å². The first-order chi connectivity index (χ1) is 8.81. The van der Waals surface area contributed by atoms with Crippen LogP contribution in [0.5, 0.6) is 0 Å². The number of rotatable bonds is 6. The molecule has 3 nitrogen and oxygen atoms in total. The Balaban J connectivity index is 1.97. The molecule has 4 heteroatoms. The molecule has 0 bridgehead atoms. The smallest absolute Gasteiger partial charge is 0.153 e. The normalized spacial score (nSPS) is 16.6. The second-order valence-corrected chi connectivity index (χ2v) is 8.76. The zero-order chi connectivity index (χ0) is 14.1. The predicted octanol–water partition coefficient (Wildman–Crippen LogP) is 2.48. The fourth-order valence-electron chi connectivity index (χ4n) is 2.12. The van der Waals surface area contributed by atoms with Gasteiger partial charge in [0.1, 0.15) is 0 Å². The van der Waals surface area contributed by atoms with Crippen molar-refractivity contribution >= 4 is 9.84 Å². The molecule has 0 unspecified atom stereocenters. The Morgan fingerprint density at radius 2 is 1.89 bits per heavy atom. The highest BCUT2D eigenvalue weighted by Gasteiger charge is 2.30. The van der Waals surface area contributed by atoms with Crippen molar-refractivity contribution in [1.82, 2.24) is 5.32 Å². The van der Waals surface area contributed by atoms with Gasteiger partial charge in [-0.15, -0.1) is 0 Å². The first-order valence-corrected chi connectivity index (χ1v) is 8.68. The Morgan fingerprint density at radius 1 is 1.26 bits per heavy atom. The van der Waals surface area contributed by atoms with E-state index in [4.69, 9.17) is 0 Å². The van der Waals surface area contributed by atoms with Crippen molar-refractivity contribution in [3.63, 3.8) is 0 Å². The van der Waals surface area contributed by atoms with E-state index in [1.807, 2.05) is 6.07 Å². The Morgan fingerprint density at radius 3 is 2.47 bits per heavy atom. The van der Waals surface area contributed by atoms with Crippen LogP contribution in [0.2, 0.25) is 0 Å². The van der Waals surface area contributed by atoms with E-state index in [0.29, 0.717) is 6.54 Å². The van der Waals surface area contributed by atoms with Gasteiger partial charge in [-0.3, -0.25) is 0 Å². The third-order valence-corrected chi connectivity index (χ3v) is 6.09. The van der Waals surface area contributed by atoms with Gasteiger partial charge in [-0.2, -0.15) is 0 Å². The lowest BCUT2D eigenvalue weighted by Gasteiger charge is -2.23. The summed E-state index contributed by atoms with van der Waals surface area (Å²) in [6.45, 7) is 4.75. The van der Waals surface area contributed by atoms with E-state index in [1.54, 1.807) is 13.8 Å². The van der Waals surface area contributed by atoms with Gasteiger partial charge in [-0.25, -0.2) is 8.42 Å². The standard InChI is InChI=1S/C15H23NO2S/c1-15(2,19(3,17)18)11-16-10-13-6-4-5-7-14(13)12-8-9-12/h4-7,12,16H,8-11H2,1-3H3. The van der Waals surface area contributed by atoms with E-state index in [1.165, 1.54) is 30.2 Å². The molecule has 0 aromatic heterocycles. The molecule has 1 aromatic carbocycles. The molecule has 1 aliphatic rings. The molecule has 0 aliphatic heterocycles. The van der Waals surface area contributed by atoms with E-state index < -0.39 is 14.6 Å². The lowest BCUT2D eigenvalue weighted by Crippen LogP contribution is -2.41. The van der Waals surface area contributed by atoms with E-state index in [9.17, 15) is 8.42 Å². The number of hydrogen-bond donors (Lipinski definition) is 1. The van der Waals surface area contributed by atoms with Crippen molar-refractivity contribution in [2.75, 3.05) is 12.8 Å². The predicted molar refractivity (Wildman–Crippen MR) is 79.0 cm³/mol. The number of benzene rings is 1. The van der Waals surface area contributed by atoms with Crippen LogP contribution in [-0.2, 0) is 16.4 Å². The van der Waals surface area contributed by atoms with Crippen LogP contribution in [0.1, 0.15) is 43.7 Å². The SMILES string of the molecule is CC(C)(CNCc1ccccc1C1CC1)S(C)(=O)=O. The lowest BCUT2D eigenvalue weighted by molar-refractivity contribution is 0.521. The maximum Gasteiger partial charge on any atom is 0.153 e. The highest BCUT2D eigenvalue weighted by Crippen LogP contribution is 2.41. The maximum absolute atomic E-state index is 11.6. The van der Waals surface area contributed by atoms with Crippen molar-refractivity contribution in [1.29, 1.82) is 0 Å². The van der Waals surface area contributed by atoms with Crippen molar-refractivity contribution in [3.8, 4) is 0 Å². The first-order valence-electron chi connectivity index (χ1n) is 6.79. The molecule has 0 amide bonds. The van der Waals surface area contributed by atoms with Gasteiger partial charge in [0.2, 0.25) is 0 Å². The van der Waals surface area contributed by atoms with Crippen LogP contribution in [0.15, 0.2) is 24.3 Å². The van der Waals surface area contributed by atoms with Crippen molar-refractivity contribution < 1.29 is 8.42 Å². The van der Waals surface area contributed by atoms with Crippen LogP contribution in [0.3, 0.4) is 0 Å². The minimum Gasteiger partial charge on any atom is -0.311 e. The van der Waals surface area contributed by atoms with Gasteiger partial charge in [-0.1, -0.05) is 24.3 Å². The molecule has 19 heavy (non-hydrogen) atoms. The molecule has 2 rings (SSSR count). The second-order valence-electron chi connectivity index (χ2n) is 6.11. The fraction of sp³-hybridized carbons (Fsp3) is 0.600. The van der Waals surface area contributed by atoms with E-state index in [2.05, 4.69) is 23.5 Å². The van der Waals surface area contributed by atoms with Gasteiger partial charge in [0.05, 0.1) is 4.75 Å². The number of hydrogen-bond acceptors (Lipinski definition) is 3. The number of sulfone groups is 1. The molecule has 0 heterocycles. The Bertz CT molecular complexity index is 545. The summed E-state index contributed by atoms with van der Waals surface area (Å²) in [5.41, 5.74) is 2.72. The quantitative estimate of drug-likeness (QED) is 0.871. The van der Waals surface area contributed by atoms with E-state index in [-0.39, 0.29) is 0 Å². The summed E-state index contributed by atoms with van der Waals surface area (Å²) in [6, 6.07) is 8.45. The zero-order valence-corrected chi connectivity index (χ0v) is 12.8.